The third-order valence-corrected chi connectivity index (χ3v) is 4.26. The average molecular weight is 369 g/mol. The SMILES string of the molecule is Fc1cc(F)c(-c2c(Cl)nc3ncnn3c2N2CCCCN2)c(F)c1. The molecule has 1 fully saturated rings. The van der Waals surface area contributed by atoms with Crippen molar-refractivity contribution in [3.05, 3.63) is 41.1 Å². The van der Waals surface area contributed by atoms with Gasteiger partial charge in [0.05, 0.1) is 11.1 Å². The molecular weight excluding hydrogens is 357 g/mol. The summed E-state index contributed by atoms with van der Waals surface area (Å²) in [5.41, 5.74) is 2.67. The molecule has 130 valence electrons. The fraction of sp³-hybridized carbons (Fsp3) is 0.267. The molecule has 0 saturated carbocycles. The highest BCUT2D eigenvalue weighted by molar-refractivity contribution is 6.33. The van der Waals surface area contributed by atoms with Gasteiger partial charge in [-0.3, -0.25) is 5.01 Å². The number of hydrogen-bond donors (Lipinski definition) is 1. The van der Waals surface area contributed by atoms with E-state index >= 15 is 0 Å². The number of hydrazine groups is 1. The molecule has 1 aliphatic heterocycles. The highest BCUT2D eigenvalue weighted by Crippen LogP contribution is 2.39. The van der Waals surface area contributed by atoms with Gasteiger partial charge in [0.25, 0.3) is 5.78 Å². The van der Waals surface area contributed by atoms with Crippen LogP contribution in [-0.2, 0) is 0 Å². The molecule has 10 heteroatoms. The molecule has 0 bridgehead atoms. The van der Waals surface area contributed by atoms with Crippen LogP contribution in [0.4, 0.5) is 19.0 Å². The molecule has 25 heavy (non-hydrogen) atoms. The monoisotopic (exact) mass is 368 g/mol. The van der Waals surface area contributed by atoms with Crippen LogP contribution in [0.25, 0.3) is 16.9 Å². The van der Waals surface area contributed by atoms with Crippen molar-refractivity contribution in [2.45, 2.75) is 12.8 Å². The molecular formula is C15H12ClF3N6. The number of nitrogens with one attached hydrogen (secondary N) is 1. The van der Waals surface area contributed by atoms with Gasteiger partial charge in [-0.2, -0.15) is 19.6 Å². The molecule has 1 aliphatic rings. The van der Waals surface area contributed by atoms with E-state index in [0.717, 1.165) is 12.8 Å². The Labute approximate surface area is 145 Å². The summed E-state index contributed by atoms with van der Waals surface area (Å²) in [6.07, 6.45) is 3.11. The number of halogens is 4. The molecule has 6 nitrogen and oxygen atoms in total. The number of aromatic nitrogens is 4. The molecule has 3 aromatic rings. The Morgan fingerprint density at radius 1 is 1.08 bits per heavy atom. The third kappa shape index (κ3) is 2.69. The quantitative estimate of drug-likeness (QED) is 0.705. The van der Waals surface area contributed by atoms with Crippen LogP contribution in [0.5, 0.6) is 0 Å². The summed E-state index contributed by atoms with van der Waals surface area (Å²) in [5, 5.41) is 5.64. The standard InChI is InChI=1S/C15H12ClF3N6/c16-13-12(11-9(18)5-8(17)6-10(11)19)14(24-4-2-1-3-21-24)25-15(23-13)20-7-22-25/h5-7,21H,1-4H2. The predicted molar refractivity (Wildman–Crippen MR) is 85.7 cm³/mol. The summed E-state index contributed by atoms with van der Waals surface area (Å²) in [7, 11) is 0. The van der Waals surface area contributed by atoms with Crippen LogP contribution in [-0.4, -0.2) is 32.7 Å². The molecule has 0 radical (unpaired) electrons. The van der Waals surface area contributed by atoms with Gasteiger partial charge in [0.1, 0.15) is 28.9 Å². The molecule has 2 aromatic heterocycles. The minimum Gasteiger partial charge on any atom is -0.291 e. The molecule has 3 heterocycles. The Kier molecular flexibility index (Phi) is 3.97. The lowest BCUT2D eigenvalue weighted by molar-refractivity contribution is 0.502. The van der Waals surface area contributed by atoms with E-state index in [4.69, 9.17) is 11.6 Å². The van der Waals surface area contributed by atoms with Crippen molar-refractivity contribution in [1.29, 1.82) is 0 Å². The normalized spacial score (nSPS) is 15.1. The number of rotatable bonds is 2. The number of hydrogen-bond acceptors (Lipinski definition) is 5. The van der Waals surface area contributed by atoms with E-state index < -0.39 is 23.0 Å². The predicted octanol–water partition coefficient (Wildman–Crippen LogP) is 2.97. The zero-order valence-corrected chi connectivity index (χ0v) is 13.6. The second kappa shape index (κ2) is 6.16. The first-order chi connectivity index (χ1) is 12.1. The van der Waals surface area contributed by atoms with Crippen molar-refractivity contribution in [3.63, 3.8) is 0 Å². The lowest BCUT2D eigenvalue weighted by Gasteiger charge is -2.31. The maximum absolute atomic E-state index is 14.4. The number of nitrogens with zero attached hydrogens (tertiary/aromatic N) is 5. The molecule has 4 rings (SSSR count). The Bertz CT molecular complexity index is 931. The summed E-state index contributed by atoms with van der Waals surface area (Å²) in [6.45, 7) is 1.26. The Balaban J connectivity index is 2.05. The van der Waals surface area contributed by atoms with E-state index in [2.05, 4.69) is 20.5 Å². The smallest absolute Gasteiger partial charge is 0.255 e. The van der Waals surface area contributed by atoms with Crippen molar-refractivity contribution in [3.8, 4) is 11.1 Å². The first-order valence-electron chi connectivity index (χ1n) is 7.61. The molecule has 0 atom stereocenters. The number of fused-ring (bicyclic) bond motifs is 1. The van der Waals surface area contributed by atoms with Gasteiger partial charge in [-0.15, -0.1) is 0 Å². The van der Waals surface area contributed by atoms with E-state index in [0.29, 0.717) is 31.0 Å². The summed E-state index contributed by atoms with van der Waals surface area (Å²) in [4.78, 5) is 8.03. The lowest BCUT2D eigenvalue weighted by Crippen LogP contribution is -2.44. The van der Waals surface area contributed by atoms with Gasteiger partial charge in [0.15, 0.2) is 5.82 Å². The minimum absolute atomic E-state index is 0.0101. The highest BCUT2D eigenvalue weighted by Gasteiger charge is 2.28. The van der Waals surface area contributed by atoms with E-state index in [1.54, 1.807) is 5.01 Å². The molecule has 1 saturated heterocycles. The minimum atomic E-state index is -1.07. The van der Waals surface area contributed by atoms with Crippen molar-refractivity contribution in [2.75, 3.05) is 18.1 Å². The third-order valence-electron chi connectivity index (χ3n) is 3.98. The van der Waals surface area contributed by atoms with Crippen LogP contribution in [0.2, 0.25) is 5.15 Å². The molecule has 0 aliphatic carbocycles. The number of anilines is 1. The molecule has 0 amide bonds. The zero-order valence-electron chi connectivity index (χ0n) is 12.8. The molecule has 1 aromatic carbocycles. The van der Waals surface area contributed by atoms with Gasteiger partial charge >= 0.3 is 0 Å². The van der Waals surface area contributed by atoms with E-state index in [9.17, 15) is 13.2 Å². The van der Waals surface area contributed by atoms with E-state index in [-0.39, 0.29) is 16.5 Å². The van der Waals surface area contributed by atoms with Gasteiger partial charge in [-0.25, -0.2) is 18.6 Å². The van der Waals surface area contributed by atoms with Gasteiger partial charge in [-0.1, -0.05) is 11.6 Å². The van der Waals surface area contributed by atoms with Gasteiger partial charge < -0.3 is 0 Å². The molecule has 0 unspecified atom stereocenters. The second-order valence-corrected chi connectivity index (χ2v) is 5.94. The molecule has 1 N–H and O–H groups in total. The van der Waals surface area contributed by atoms with Crippen molar-refractivity contribution < 1.29 is 13.2 Å². The maximum Gasteiger partial charge on any atom is 0.255 e. The lowest BCUT2D eigenvalue weighted by atomic mass is 10.1. The largest absolute Gasteiger partial charge is 0.291 e. The average Bonchev–Trinajstić information content (AvgIpc) is 3.02. The topological polar surface area (TPSA) is 58.4 Å². The van der Waals surface area contributed by atoms with Crippen molar-refractivity contribution in [2.24, 2.45) is 0 Å². The van der Waals surface area contributed by atoms with Crippen molar-refractivity contribution >= 4 is 23.2 Å². The summed E-state index contributed by atoms with van der Waals surface area (Å²) >= 11 is 6.23. The molecule has 0 spiro atoms. The van der Waals surface area contributed by atoms with Crippen LogP contribution in [0.15, 0.2) is 18.5 Å². The summed E-state index contributed by atoms with van der Waals surface area (Å²) < 4.78 is 43.5. The van der Waals surface area contributed by atoms with Crippen LogP contribution >= 0.6 is 11.6 Å². The van der Waals surface area contributed by atoms with Crippen molar-refractivity contribution in [1.82, 2.24) is 25.0 Å². The summed E-state index contributed by atoms with van der Waals surface area (Å²) in [5.74, 6) is -2.66. The Morgan fingerprint density at radius 3 is 2.52 bits per heavy atom. The zero-order chi connectivity index (χ0) is 17.6. The van der Waals surface area contributed by atoms with Gasteiger partial charge in [-0.05, 0) is 12.8 Å². The first-order valence-corrected chi connectivity index (χ1v) is 7.99. The van der Waals surface area contributed by atoms with Crippen LogP contribution in [0.3, 0.4) is 0 Å². The van der Waals surface area contributed by atoms with E-state index in [1.165, 1.54) is 10.8 Å². The fourth-order valence-corrected chi connectivity index (χ4v) is 3.17. The number of benzene rings is 1. The van der Waals surface area contributed by atoms with Gasteiger partial charge in [0.2, 0.25) is 0 Å². The first kappa shape index (κ1) is 16.1. The van der Waals surface area contributed by atoms with Crippen LogP contribution in [0.1, 0.15) is 12.8 Å². The fourth-order valence-electron chi connectivity index (χ4n) is 2.92. The van der Waals surface area contributed by atoms with Crippen LogP contribution in [0, 0.1) is 17.5 Å². The highest BCUT2D eigenvalue weighted by atomic mass is 35.5. The second-order valence-electron chi connectivity index (χ2n) is 5.58. The Morgan fingerprint density at radius 2 is 1.84 bits per heavy atom. The maximum atomic E-state index is 14.4. The van der Waals surface area contributed by atoms with Gasteiger partial charge in [0, 0.05) is 25.2 Å². The van der Waals surface area contributed by atoms with E-state index in [1.807, 2.05) is 0 Å². The van der Waals surface area contributed by atoms with Crippen LogP contribution < -0.4 is 10.4 Å². The summed E-state index contributed by atoms with van der Waals surface area (Å²) in [6, 6.07) is 1.21. The Hall–Kier alpha value is -2.39.